The molecule has 0 aliphatic rings. The van der Waals surface area contributed by atoms with E-state index >= 15 is 0 Å². The summed E-state index contributed by atoms with van der Waals surface area (Å²) in [6.07, 6.45) is 2.17. The van der Waals surface area contributed by atoms with Crippen LogP contribution < -0.4 is 15.3 Å². The van der Waals surface area contributed by atoms with Crippen LogP contribution >= 0.6 is 0 Å². The molecule has 3 N–H and O–H groups in total. The quantitative estimate of drug-likeness (QED) is 0.361. The Bertz CT molecular complexity index is 223. The Morgan fingerprint density at radius 2 is 0.650 bits per heavy atom. The molecule has 0 saturated carbocycles. The van der Waals surface area contributed by atoms with Crippen molar-refractivity contribution in [3.05, 3.63) is 38.0 Å². The van der Waals surface area contributed by atoms with E-state index in [0.29, 0.717) is 0 Å². The first-order valence-electron chi connectivity index (χ1n) is 3.32. The summed E-state index contributed by atoms with van der Waals surface area (Å²) < 4.78 is 0. The molecule has 0 amide bonds. The number of aliphatic carboxylic acids is 3. The van der Waals surface area contributed by atoms with Gasteiger partial charge in [-0.2, -0.15) is 0 Å². The molecule has 0 aromatic carbocycles. The van der Waals surface area contributed by atoms with E-state index in [0.717, 1.165) is 18.2 Å². The third-order valence-corrected chi connectivity index (χ3v) is 0.500. The molecule has 108 valence electrons. The van der Waals surface area contributed by atoms with E-state index < -0.39 is 17.9 Å². The van der Waals surface area contributed by atoms with Crippen LogP contribution in [0, 0.1) is 0 Å². The molecule has 0 radical (unpaired) electrons. The first-order valence-corrected chi connectivity index (χ1v) is 3.32. The normalized spacial score (nSPS) is 4.80. The zero-order chi connectivity index (χ0) is 12.9. The Labute approximate surface area is 137 Å². The maximum absolute atomic E-state index is 9.14. The summed E-state index contributed by atoms with van der Waals surface area (Å²) in [6.45, 7) is 8.69. The van der Waals surface area contributed by atoms with E-state index in [1.807, 2.05) is 0 Å². The predicted molar refractivity (Wildman–Crippen MR) is 62.9 cm³/mol. The second kappa shape index (κ2) is 43.2. The average molecular weight is 318 g/mol. The van der Waals surface area contributed by atoms with Gasteiger partial charge in [-0.3, -0.25) is 0 Å². The van der Waals surface area contributed by atoms with Gasteiger partial charge in [-0.15, -0.1) is 0 Å². The maximum atomic E-state index is 9.14. The number of carboxylic acid groups (broad SMARTS) is 3. The van der Waals surface area contributed by atoms with Gasteiger partial charge in [0.1, 0.15) is 0 Å². The summed E-state index contributed by atoms with van der Waals surface area (Å²) in [5, 5.41) is 27.4. The summed E-state index contributed by atoms with van der Waals surface area (Å²) in [5.41, 5.74) is 0. The number of carbonyl (C=O) groups excluding carboxylic acids is 3. The topological polar surface area (TPSA) is 210 Å². The van der Waals surface area contributed by atoms with Gasteiger partial charge in [0.2, 0.25) is 0 Å². The summed E-state index contributed by atoms with van der Waals surface area (Å²) in [5.74, 6) is -3.69. The van der Waals surface area contributed by atoms with Crippen LogP contribution in [0.25, 0.3) is 0 Å². The summed E-state index contributed by atoms with van der Waals surface area (Å²) in [7, 11) is 0. The monoisotopic (exact) mass is 318 g/mol. The van der Waals surface area contributed by atoms with Crippen LogP contribution in [0.2, 0.25) is 0 Å². The molecule has 0 heterocycles. The second-order valence-corrected chi connectivity index (χ2v) is 1.57. The van der Waals surface area contributed by atoms with Crippen LogP contribution in [0.5, 0.6) is 0 Å². The minimum absolute atomic E-state index is 0. The summed E-state index contributed by atoms with van der Waals surface area (Å²) in [4.78, 5) is 27.4. The molecule has 9 nitrogen and oxygen atoms in total. The van der Waals surface area contributed by atoms with Crippen molar-refractivity contribution >= 4 is 52.6 Å². The number of hydrogen-bond acceptors (Lipinski definition) is 9. The summed E-state index contributed by atoms with van der Waals surface area (Å²) >= 11 is 0. The van der Waals surface area contributed by atoms with Crippen molar-refractivity contribution in [2.45, 2.75) is 0 Å². The van der Waals surface area contributed by atoms with Crippen LogP contribution in [-0.2, 0) is 14.4 Å². The van der Waals surface area contributed by atoms with Crippen molar-refractivity contribution in [2.75, 3.05) is 0 Å². The Morgan fingerprint density at radius 3 is 0.650 bits per heavy atom. The maximum Gasteiger partial charge on any atom is 3.00 e. The van der Waals surface area contributed by atoms with Gasteiger partial charge in [0, 0.05) is 0 Å². The molecule has 0 fully saturated rings. The van der Waals surface area contributed by atoms with Gasteiger partial charge in [0.25, 0.3) is 0 Å². The Kier molecular flexibility index (Phi) is 111. The summed E-state index contributed by atoms with van der Waals surface area (Å²) in [6, 6.07) is 0. The molecule has 0 aromatic heterocycles. The van der Waals surface area contributed by atoms with Gasteiger partial charge >= 0.3 is 34.7 Å². The molecular weight excluding hydrogens is 306 g/mol. The largest absolute Gasteiger partial charge is 3.00 e. The Hall–Kier alpha value is -1.43. The van der Waals surface area contributed by atoms with Crippen LogP contribution in [-0.4, -0.2) is 69.1 Å². The molecule has 0 bridgehead atoms. The molecule has 20 heavy (non-hydrogen) atoms. The first-order chi connectivity index (χ1) is 6.81. The van der Waals surface area contributed by atoms with E-state index in [1.54, 1.807) is 0 Å². The van der Waals surface area contributed by atoms with Crippen LogP contribution in [0.4, 0.5) is 0 Å². The zero-order valence-electron chi connectivity index (χ0n) is 10.3. The van der Waals surface area contributed by atoms with Gasteiger partial charge < -0.3 is 46.1 Å². The molecule has 0 saturated heterocycles. The molecule has 0 unspecified atom stereocenters. The minimum Gasteiger partial charge on any atom is -0.870 e. The van der Waals surface area contributed by atoms with E-state index in [9.17, 15) is 0 Å². The third kappa shape index (κ3) is 192. The van der Waals surface area contributed by atoms with Crippen molar-refractivity contribution in [1.29, 1.82) is 0 Å². The van der Waals surface area contributed by atoms with Gasteiger partial charge in [0.05, 0.1) is 17.9 Å². The van der Waals surface area contributed by atoms with Crippen molar-refractivity contribution in [1.82, 2.24) is 0 Å². The van der Waals surface area contributed by atoms with Gasteiger partial charge in [0.15, 0.2) is 0 Å². The molecule has 11 heteroatoms. The first kappa shape index (κ1) is 51.3. The second-order valence-electron chi connectivity index (χ2n) is 1.57. The third-order valence-electron chi connectivity index (χ3n) is 0.500. The van der Waals surface area contributed by atoms with Gasteiger partial charge in [-0.1, -0.05) is 19.7 Å². The molecule has 0 rings (SSSR count). The number of carbonyl (C=O) groups is 3. The zero-order valence-corrected chi connectivity index (χ0v) is 12.6. The SMILES string of the molecule is C=CC(=O)[O-].C=CC(=O)[O-].C=CC(=O)[O-].[Al+3].[Al+3].[OH-].[OH-].[OH-]. The van der Waals surface area contributed by atoms with Crippen molar-refractivity contribution in [3.8, 4) is 0 Å². The fourth-order valence-corrected chi connectivity index (χ4v) is 0. The van der Waals surface area contributed by atoms with E-state index in [1.165, 1.54) is 0 Å². The Balaban J connectivity index is -0.0000000160. The van der Waals surface area contributed by atoms with E-state index in [-0.39, 0.29) is 51.2 Å². The average Bonchev–Trinajstić information content (AvgIpc) is 2.19. The molecule has 0 atom stereocenters. The van der Waals surface area contributed by atoms with Gasteiger partial charge in [-0.25, -0.2) is 0 Å². The number of rotatable bonds is 3. The standard InChI is InChI=1S/3C3H4O2.2Al.3H2O/c3*1-2-3(4)5;;;;;/h3*2H,1H2,(H,4,5);;;3*1H2/q;;;2*+3;;;/p-6. The fourth-order valence-electron chi connectivity index (χ4n) is 0. The molecule has 0 spiro atoms. The van der Waals surface area contributed by atoms with Gasteiger partial charge in [-0.05, 0) is 18.2 Å². The van der Waals surface area contributed by atoms with Crippen molar-refractivity contribution in [3.63, 3.8) is 0 Å². The number of hydrogen-bond donors (Lipinski definition) is 0. The molecule has 0 aliphatic heterocycles. The van der Waals surface area contributed by atoms with E-state index in [4.69, 9.17) is 29.7 Å². The van der Waals surface area contributed by atoms with Crippen molar-refractivity contribution < 1.29 is 46.1 Å². The van der Waals surface area contributed by atoms with E-state index in [2.05, 4.69) is 19.7 Å². The Morgan fingerprint density at radius 1 is 0.600 bits per heavy atom. The van der Waals surface area contributed by atoms with Crippen LogP contribution in [0.3, 0.4) is 0 Å². The number of carboxylic acids is 3. The minimum atomic E-state index is -1.23. The predicted octanol–water partition coefficient (Wildman–Crippen LogP) is -4.53. The molecule has 0 aliphatic carbocycles. The molecular formula is C9H12Al2O9. The van der Waals surface area contributed by atoms with Crippen molar-refractivity contribution in [2.24, 2.45) is 0 Å². The fraction of sp³-hybridized carbons (Fsp3) is 0. The molecule has 0 aromatic rings. The smallest absolute Gasteiger partial charge is 0.870 e. The van der Waals surface area contributed by atoms with Crippen LogP contribution in [0.1, 0.15) is 0 Å². The van der Waals surface area contributed by atoms with Crippen LogP contribution in [0.15, 0.2) is 38.0 Å².